The SMILES string of the molecule is C[C@@H]1NC(=O)[C@H](CCCCNC(=O)CON)NC(=O)CNC(=O)[C@@H]2CCCN2C(=O)[C@@H](CCCCNC(=O)CON)NC(=O)[C@H](C)NC(=O)[C@H](CCCCNC(=O)CON)NC(=O)CNC(=O)[C@@H]2CCCN2C(=O)[C@H](CCCCNC(=O)CON)NC1=O. The van der Waals surface area contributed by atoms with E-state index in [2.05, 4.69) is 83.2 Å². The lowest BCUT2D eigenvalue weighted by Crippen LogP contribution is -2.59. The second kappa shape index (κ2) is 41.4. The van der Waals surface area contributed by atoms with Crippen molar-refractivity contribution in [3.63, 3.8) is 0 Å². The second-order valence-corrected chi connectivity index (χ2v) is 21.3. The number of carbonyl (C=O) groups excluding carboxylic acids is 14. The first kappa shape index (κ1) is 74.5. The van der Waals surface area contributed by atoms with E-state index in [9.17, 15) is 67.1 Å². The van der Waals surface area contributed by atoms with Gasteiger partial charge in [0, 0.05) is 39.3 Å². The maximum absolute atomic E-state index is 14.5. The van der Waals surface area contributed by atoms with Crippen molar-refractivity contribution < 1.29 is 86.5 Å². The second-order valence-electron chi connectivity index (χ2n) is 21.3. The van der Waals surface area contributed by atoms with E-state index < -0.39 is 171 Å². The lowest BCUT2D eigenvalue weighted by atomic mass is 10.1. The molecule has 88 heavy (non-hydrogen) atoms. The van der Waals surface area contributed by atoms with Gasteiger partial charge in [0.05, 0.1) is 13.1 Å². The molecule has 3 heterocycles. The van der Waals surface area contributed by atoms with Crippen LogP contribution >= 0.6 is 0 Å². The minimum Gasteiger partial charge on any atom is -0.354 e. The predicted octanol–water partition coefficient (Wildman–Crippen LogP) is -8.13. The molecule has 0 aromatic carbocycles. The predicted molar refractivity (Wildman–Crippen MR) is 306 cm³/mol. The van der Waals surface area contributed by atoms with Gasteiger partial charge in [-0.15, -0.1) is 0 Å². The van der Waals surface area contributed by atoms with Gasteiger partial charge in [-0.1, -0.05) is 0 Å². The number of nitrogens with zero attached hydrogens (tertiary/aromatic N) is 2. The standard InChI is InChI=1S/C52H90N18O18/c1-31-45(77)67-35(15-5-9-21-59-43(75)29-87-55)51(83)69-23-11-17-37(69)49(81)62-26-40(72)66-34(14-4-8-20-58-42(74)28-86-54)48(80)64-32(2)46(78)68-36(16-6-10-22-60-44(76)30-88-56)52(84)70-24-12-18-38(70)50(82)61-25-39(71)65-33(47(79)63-31)13-3-7-19-57-41(73)27-85-53/h31-38H,3-30,53-56H2,1-2H3,(H,57,73)(H,58,74)(H,59,75)(H,60,76)(H,61,82)(H,62,81)(H,63,79)(H,64,80)(H,65,71)(H,66,72)(H,67,77)(H,68,78)/t31-,32-,33-,34-,35-,36+,37-,38-/m0/s1. The minimum absolute atomic E-state index is 0.0132. The molecular formula is C52H90N18O18. The number of hydrogen-bond donors (Lipinski definition) is 16. The van der Waals surface area contributed by atoms with Gasteiger partial charge in [0.25, 0.3) is 0 Å². The summed E-state index contributed by atoms with van der Waals surface area (Å²) in [6.07, 6.45) is 3.09. The van der Waals surface area contributed by atoms with Crippen LogP contribution in [0, 0.1) is 0 Å². The molecule has 3 aliphatic heterocycles. The highest BCUT2D eigenvalue weighted by Gasteiger charge is 2.40. The van der Waals surface area contributed by atoms with E-state index in [4.69, 9.17) is 23.6 Å². The molecule has 3 saturated heterocycles. The Hall–Kier alpha value is -7.74. The Bertz CT molecular complexity index is 2220. The maximum Gasteiger partial charge on any atom is 0.248 e. The van der Waals surface area contributed by atoms with Crippen LogP contribution < -0.4 is 87.4 Å². The topological polar surface area (TPSA) is 531 Å². The summed E-state index contributed by atoms with van der Waals surface area (Å²) in [4.78, 5) is 208. The van der Waals surface area contributed by atoms with Gasteiger partial charge in [-0.25, -0.2) is 23.6 Å². The van der Waals surface area contributed by atoms with E-state index in [-0.39, 0.29) is 103 Å². The molecule has 496 valence electrons. The Morgan fingerprint density at radius 2 is 0.705 bits per heavy atom. The van der Waals surface area contributed by atoms with Crippen LogP contribution in [0.1, 0.15) is 117 Å². The van der Waals surface area contributed by atoms with Gasteiger partial charge in [0.15, 0.2) is 0 Å². The third-order valence-electron chi connectivity index (χ3n) is 14.4. The van der Waals surface area contributed by atoms with E-state index in [1.165, 1.54) is 23.6 Å². The number of nitrogens with two attached hydrogens (primary N) is 4. The number of carbonyl (C=O) groups is 14. The van der Waals surface area contributed by atoms with Crippen LogP contribution in [0.15, 0.2) is 0 Å². The van der Waals surface area contributed by atoms with Crippen molar-refractivity contribution in [3.05, 3.63) is 0 Å². The summed E-state index contributed by atoms with van der Waals surface area (Å²) in [5.41, 5.74) is 0. The zero-order chi connectivity index (χ0) is 65.0. The van der Waals surface area contributed by atoms with E-state index in [0.29, 0.717) is 38.5 Å². The first-order chi connectivity index (χ1) is 42.1. The highest BCUT2D eigenvalue weighted by atomic mass is 16.6. The average molecular weight is 1260 g/mol. The number of amides is 14. The smallest absolute Gasteiger partial charge is 0.248 e. The third-order valence-corrected chi connectivity index (χ3v) is 14.4. The van der Waals surface area contributed by atoms with E-state index >= 15 is 0 Å². The first-order valence-corrected chi connectivity index (χ1v) is 29.4. The molecule has 14 amide bonds. The monoisotopic (exact) mass is 1250 g/mol. The van der Waals surface area contributed by atoms with E-state index in [1.54, 1.807) is 0 Å². The van der Waals surface area contributed by atoms with Crippen LogP contribution in [-0.2, 0) is 86.5 Å². The Kier molecular flexibility index (Phi) is 35.1. The summed E-state index contributed by atoms with van der Waals surface area (Å²) >= 11 is 0. The molecule has 0 bridgehead atoms. The Balaban J connectivity index is 2.01. The van der Waals surface area contributed by atoms with Crippen LogP contribution in [0.4, 0.5) is 0 Å². The van der Waals surface area contributed by atoms with Crippen molar-refractivity contribution in [2.45, 2.75) is 165 Å². The summed E-state index contributed by atoms with van der Waals surface area (Å²) in [7, 11) is 0. The summed E-state index contributed by atoms with van der Waals surface area (Å²) in [6, 6.07) is -10.2. The van der Waals surface area contributed by atoms with Gasteiger partial charge >= 0.3 is 0 Å². The molecule has 0 aromatic rings. The zero-order valence-electron chi connectivity index (χ0n) is 50.0. The molecule has 8 atom stereocenters. The van der Waals surface area contributed by atoms with Crippen molar-refractivity contribution in [2.24, 2.45) is 23.6 Å². The molecule has 0 aromatic heterocycles. The summed E-state index contributed by atoms with van der Waals surface area (Å²) < 4.78 is 0. The average Bonchev–Trinajstić information content (AvgIpc) is 4.41. The highest BCUT2D eigenvalue weighted by Crippen LogP contribution is 2.22. The number of hydrogen-bond acceptors (Lipinski definition) is 22. The summed E-state index contributed by atoms with van der Waals surface area (Å²) in [5, 5.41) is 31.0. The molecule has 0 unspecified atom stereocenters. The number of rotatable bonds is 28. The number of nitrogens with one attached hydrogen (secondary N) is 12. The highest BCUT2D eigenvalue weighted by molar-refractivity contribution is 5.99. The number of fused-ring (bicyclic) bond motifs is 2. The fraction of sp³-hybridized carbons (Fsp3) is 0.731. The largest absolute Gasteiger partial charge is 0.354 e. The van der Waals surface area contributed by atoms with Crippen LogP contribution in [0.5, 0.6) is 0 Å². The molecule has 0 saturated carbocycles. The van der Waals surface area contributed by atoms with Crippen molar-refractivity contribution >= 4 is 82.7 Å². The van der Waals surface area contributed by atoms with Crippen LogP contribution in [0.25, 0.3) is 0 Å². The van der Waals surface area contributed by atoms with Crippen molar-refractivity contribution in [1.29, 1.82) is 0 Å². The third kappa shape index (κ3) is 27.5. The zero-order valence-corrected chi connectivity index (χ0v) is 50.0. The molecular weight excluding hydrogens is 1160 g/mol. The van der Waals surface area contributed by atoms with Gasteiger partial charge in [-0.3, -0.25) is 86.5 Å². The molecule has 20 N–H and O–H groups in total. The van der Waals surface area contributed by atoms with Crippen LogP contribution in [0.3, 0.4) is 0 Å². The van der Waals surface area contributed by atoms with Crippen molar-refractivity contribution in [1.82, 2.24) is 73.6 Å². The number of unbranched alkanes of at least 4 members (excludes halogenated alkanes) is 4. The van der Waals surface area contributed by atoms with Crippen LogP contribution in [-0.4, -0.2) is 220 Å². The Morgan fingerprint density at radius 1 is 0.409 bits per heavy atom. The molecule has 0 aliphatic carbocycles. The van der Waals surface area contributed by atoms with Gasteiger partial charge in [0.2, 0.25) is 82.7 Å². The van der Waals surface area contributed by atoms with Gasteiger partial charge in [-0.05, 0) is 117 Å². The fourth-order valence-corrected chi connectivity index (χ4v) is 9.78. The van der Waals surface area contributed by atoms with Crippen LogP contribution in [0.2, 0.25) is 0 Å². The lowest BCUT2D eigenvalue weighted by Gasteiger charge is -2.30. The summed E-state index contributed by atoms with van der Waals surface area (Å²) in [5.74, 6) is 10.1. The van der Waals surface area contributed by atoms with E-state index in [1.807, 2.05) is 0 Å². The summed E-state index contributed by atoms with van der Waals surface area (Å²) in [6.45, 7) is 0.368. The molecule has 0 spiro atoms. The Labute approximate surface area is 508 Å². The quantitative estimate of drug-likeness (QED) is 0.0256. The maximum atomic E-state index is 14.5. The molecule has 36 heteroatoms. The lowest BCUT2D eigenvalue weighted by molar-refractivity contribution is -0.142. The van der Waals surface area contributed by atoms with Gasteiger partial charge in [-0.2, -0.15) is 0 Å². The minimum atomic E-state index is -1.35. The van der Waals surface area contributed by atoms with Gasteiger partial charge in [0.1, 0.15) is 74.8 Å². The molecule has 0 radical (unpaired) electrons. The van der Waals surface area contributed by atoms with Crippen molar-refractivity contribution in [3.8, 4) is 0 Å². The fourth-order valence-electron chi connectivity index (χ4n) is 9.78. The first-order valence-electron chi connectivity index (χ1n) is 29.4. The van der Waals surface area contributed by atoms with E-state index in [0.717, 1.165) is 0 Å². The molecule has 3 fully saturated rings. The normalized spacial score (nSPS) is 23.3. The van der Waals surface area contributed by atoms with Gasteiger partial charge < -0.3 is 73.6 Å². The molecule has 36 nitrogen and oxygen atoms in total. The molecule has 3 rings (SSSR count). The van der Waals surface area contributed by atoms with Crippen molar-refractivity contribution in [2.75, 3.05) is 78.8 Å². The Morgan fingerprint density at radius 3 is 1.00 bits per heavy atom. The molecule has 3 aliphatic rings.